The van der Waals surface area contributed by atoms with Gasteiger partial charge in [0.1, 0.15) is 12.1 Å². The molecule has 3 rings (SSSR count). The molecule has 0 bridgehead atoms. The van der Waals surface area contributed by atoms with Crippen LogP contribution in [0.5, 0.6) is 0 Å². The summed E-state index contributed by atoms with van der Waals surface area (Å²) in [5.41, 5.74) is 9.01. The molecule has 0 unspecified atom stereocenters. The maximum absolute atomic E-state index is 5.90. The predicted molar refractivity (Wildman–Crippen MR) is 56.2 cm³/mol. The van der Waals surface area contributed by atoms with E-state index in [-0.39, 0.29) is 0 Å². The molecule has 0 fully saturated rings. The van der Waals surface area contributed by atoms with Gasteiger partial charge in [-0.05, 0) is 25.3 Å². The minimum Gasteiger partial charge on any atom is -0.472 e. The zero-order valence-electron chi connectivity index (χ0n) is 8.23. The van der Waals surface area contributed by atoms with E-state index in [1.165, 1.54) is 0 Å². The van der Waals surface area contributed by atoms with Crippen LogP contribution in [0.15, 0.2) is 23.0 Å². The average Bonchev–Trinajstić information content (AvgIpc) is 2.88. The molecule has 2 aromatic rings. The van der Waals surface area contributed by atoms with Gasteiger partial charge in [0.25, 0.3) is 0 Å². The van der Waals surface area contributed by atoms with Crippen LogP contribution in [-0.4, -0.2) is 9.97 Å². The number of aromatic nitrogens is 2. The highest BCUT2D eigenvalue weighted by Crippen LogP contribution is 2.27. The molecule has 0 amide bonds. The smallest absolute Gasteiger partial charge is 0.165 e. The van der Waals surface area contributed by atoms with E-state index in [1.54, 1.807) is 12.5 Å². The molecule has 76 valence electrons. The van der Waals surface area contributed by atoms with E-state index >= 15 is 0 Å². The van der Waals surface area contributed by atoms with Gasteiger partial charge in [-0.3, -0.25) is 0 Å². The molecule has 0 aromatic carbocycles. The fourth-order valence-corrected chi connectivity index (χ4v) is 1.98. The number of furan rings is 1. The van der Waals surface area contributed by atoms with Gasteiger partial charge in [-0.15, -0.1) is 0 Å². The Bertz CT molecular complexity index is 491. The van der Waals surface area contributed by atoms with Crippen LogP contribution >= 0.6 is 0 Å². The zero-order chi connectivity index (χ0) is 10.3. The maximum Gasteiger partial charge on any atom is 0.165 e. The highest BCUT2D eigenvalue weighted by molar-refractivity contribution is 5.58. The Balaban J connectivity index is 2.15. The molecular weight excluding hydrogens is 190 g/mol. The highest BCUT2D eigenvalue weighted by atomic mass is 16.3. The van der Waals surface area contributed by atoms with Crippen molar-refractivity contribution in [2.75, 3.05) is 5.73 Å². The molecular formula is C11H11N3O. The van der Waals surface area contributed by atoms with E-state index < -0.39 is 0 Å². The van der Waals surface area contributed by atoms with Gasteiger partial charge in [-0.25, -0.2) is 9.97 Å². The van der Waals surface area contributed by atoms with Gasteiger partial charge in [0.15, 0.2) is 5.82 Å². The number of anilines is 1. The monoisotopic (exact) mass is 201 g/mol. The molecule has 0 saturated carbocycles. The molecule has 15 heavy (non-hydrogen) atoms. The van der Waals surface area contributed by atoms with E-state index in [0.29, 0.717) is 11.6 Å². The van der Waals surface area contributed by atoms with Crippen LogP contribution in [0.4, 0.5) is 5.82 Å². The number of nitrogen functional groups attached to an aromatic ring is 1. The van der Waals surface area contributed by atoms with E-state index in [4.69, 9.17) is 10.2 Å². The number of nitrogens with two attached hydrogens (primary N) is 1. The second kappa shape index (κ2) is 3.08. The Kier molecular flexibility index (Phi) is 1.74. The SMILES string of the molecule is Nc1nc(-c2ccoc2)nc2c1CCC2. The van der Waals surface area contributed by atoms with Crippen LogP contribution in [0.25, 0.3) is 11.4 Å². The van der Waals surface area contributed by atoms with Gasteiger partial charge in [-0.2, -0.15) is 0 Å². The minimum atomic E-state index is 0.619. The molecule has 0 atom stereocenters. The second-order valence-corrected chi connectivity index (χ2v) is 3.72. The molecule has 2 heterocycles. The maximum atomic E-state index is 5.90. The summed E-state index contributed by atoms with van der Waals surface area (Å²) >= 11 is 0. The number of aryl methyl sites for hydroxylation is 1. The first-order valence-electron chi connectivity index (χ1n) is 5.02. The Morgan fingerprint density at radius 1 is 1.27 bits per heavy atom. The summed E-state index contributed by atoms with van der Waals surface area (Å²) < 4.78 is 5.01. The van der Waals surface area contributed by atoms with Crippen LogP contribution in [0.1, 0.15) is 17.7 Å². The molecule has 0 aliphatic heterocycles. The van der Waals surface area contributed by atoms with Gasteiger partial charge in [0, 0.05) is 11.3 Å². The molecule has 2 aromatic heterocycles. The summed E-state index contributed by atoms with van der Waals surface area (Å²) in [5, 5.41) is 0. The first-order valence-corrected chi connectivity index (χ1v) is 5.02. The summed E-state index contributed by atoms with van der Waals surface area (Å²) in [6.45, 7) is 0. The lowest BCUT2D eigenvalue weighted by molar-refractivity contribution is 0.568. The number of hydrogen-bond donors (Lipinski definition) is 1. The van der Waals surface area contributed by atoms with Gasteiger partial charge in [0.2, 0.25) is 0 Å². The van der Waals surface area contributed by atoms with E-state index in [1.807, 2.05) is 6.07 Å². The fraction of sp³-hybridized carbons (Fsp3) is 0.273. The summed E-state index contributed by atoms with van der Waals surface area (Å²) in [4.78, 5) is 8.80. The molecule has 4 nitrogen and oxygen atoms in total. The van der Waals surface area contributed by atoms with Crippen molar-refractivity contribution >= 4 is 5.82 Å². The number of fused-ring (bicyclic) bond motifs is 1. The quantitative estimate of drug-likeness (QED) is 0.764. The van der Waals surface area contributed by atoms with Crippen molar-refractivity contribution in [3.63, 3.8) is 0 Å². The van der Waals surface area contributed by atoms with Gasteiger partial charge < -0.3 is 10.2 Å². The topological polar surface area (TPSA) is 64.9 Å². The van der Waals surface area contributed by atoms with E-state index in [2.05, 4.69) is 9.97 Å². The lowest BCUT2D eigenvalue weighted by Gasteiger charge is -2.04. The van der Waals surface area contributed by atoms with Crippen molar-refractivity contribution in [2.24, 2.45) is 0 Å². The molecule has 2 N–H and O–H groups in total. The van der Waals surface area contributed by atoms with Crippen molar-refractivity contribution < 1.29 is 4.42 Å². The summed E-state index contributed by atoms with van der Waals surface area (Å²) in [6.07, 6.45) is 6.39. The Morgan fingerprint density at radius 3 is 3.00 bits per heavy atom. The summed E-state index contributed by atoms with van der Waals surface area (Å²) in [6, 6.07) is 1.84. The number of hydrogen-bond acceptors (Lipinski definition) is 4. The van der Waals surface area contributed by atoms with Crippen molar-refractivity contribution in [2.45, 2.75) is 19.3 Å². The van der Waals surface area contributed by atoms with E-state index in [0.717, 1.165) is 36.1 Å². The third-order valence-electron chi connectivity index (χ3n) is 2.74. The third kappa shape index (κ3) is 1.29. The number of nitrogens with zero attached hydrogens (tertiary/aromatic N) is 2. The van der Waals surface area contributed by atoms with Gasteiger partial charge in [-0.1, -0.05) is 0 Å². The van der Waals surface area contributed by atoms with Crippen molar-refractivity contribution in [1.29, 1.82) is 0 Å². The van der Waals surface area contributed by atoms with Crippen LogP contribution in [0, 0.1) is 0 Å². The number of rotatable bonds is 1. The lowest BCUT2D eigenvalue weighted by Crippen LogP contribution is -2.02. The average molecular weight is 201 g/mol. The Morgan fingerprint density at radius 2 is 2.20 bits per heavy atom. The minimum absolute atomic E-state index is 0.619. The second-order valence-electron chi connectivity index (χ2n) is 3.72. The molecule has 1 aliphatic carbocycles. The molecule has 0 radical (unpaired) electrons. The normalized spacial score (nSPS) is 14.1. The lowest BCUT2D eigenvalue weighted by atomic mass is 10.2. The summed E-state index contributed by atoms with van der Waals surface area (Å²) in [7, 11) is 0. The molecule has 4 heteroatoms. The van der Waals surface area contributed by atoms with Crippen molar-refractivity contribution in [1.82, 2.24) is 9.97 Å². The first kappa shape index (κ1) is 8.47. The van der Waals surface area contributed by atoms with Crippen LogP contribution < -0.4 is 5.73 Å². The van der Waals surface area contributed by atoms with E-state index in [9.17, 15) is 0 Å². The largest absolute Gasteiger partial charge is 0.472 e. The van der Waals surface area contributed by atoms with Crippen LogP contribution in [0.3, 0.4) is 0 Å². The van der Waals surface area contributed by atoms with Crippen LogP contribution in [0.2, 0.25) is 0 Å². The molecule has 0 saturated heterocycles. The zero-order valence-corrected chi connectivity index (χ0v) is 8.23. The Labute approximate surface area is 87.2 Å². The van der Waals surface area contributed by atoms with Crippen LogP contribution in [-0.2, 0) is 12.8 Å². The third-order valence-corrected chi connectivity index (χ3v) is 2.74. The van der Waals surface area contributed by atoms with Gasteiger partial charge >= 0.3 is 0 Å². The molecule has 0 spiro atoms. The van der Waals surface area contributed by atoms with Gasteiger partial charge in [0.05, 0.1) is 11.8 Å². The standard InChI is InChI=1S/C11H11N3O/c12-10-8-2-1-3-9(8)13-11(14-10)7-4-5-15-6-7/h4-6H,1-3H2,(H2,12,13,14). The summed E-state index contributed by atoms with van der Waals surface area (Å²) in [5.74, 6) is 1.29. The Hall–Kier alpha value is -1.84. The van der Waals surface area contributed by atoms with Crippen molar-refractivity contribution in [3.8, 4) is 11.4 Å². The molecule has 1 aliphatic rings. The first-order chi connectivity index (χ1) is 7.34. The predicted octanol–water partition coefficient (Wildman–Crippen LogP) is 1.81. The van der Waals surface area contributed by atoms with Crippen molar-refractivity contribution in [3.05, 3.63) is 29.9 Å². The highest BCUT2D eigenvalue weighted by Gasteiger charge is 2.18. The fourth-order valence-electron chi connectivity index (χ4n) is 1.98.